The molecule has 0 spiro atoms. The van der Waals surface area contributed by atoms with Crippen molar-refractivity contribution in [3.8, 4) is 17.0 Å². The summed E-state index contributed by atoms with van der Waals surface area (Å²) < 4.78 is 41.5. The van der Waals surface area contributed by atoms with Crippen LogP contribution < -0.4 is 4.74 Å². The molecule has 2 N–H and O–H groups in total. The minimum absolute atomic E-state index is 0.00151. The zero-order chi connectivity index (χ0) is 23.6. The lowest BCUT2D eigenvalue weighted by atomic mass is 9.70. The quantitative estimate of drug-likeness (QED) is 0.594. The van der Waals surface area contributed by atoms with Gasteiger partial charge in [0.1, 0.15) is 17.7 Å². The average Bonchev–Trinajstić information content (AvgIpc) is 2.76. The lowest BCUT2D eigenvalue weighted by Crippen LogP contribution is -2.43. The molecule has 0 amide bonds. The molecule has 32 heavy (non-hydrogen) atoms. The van der Waals surface area contributed by atoms with Crippen molar-refractivity contribution in [1.29, 1.82) is 0 Å². The summed E-state index contributed by atoms with van der Waals surface area (Å²) in [5, 5.41) is 21.4. The number of hydrogen-bond acceptors (Lipinski definition) is 7. The minimum Gasteiger partial charge on any atom is -0.483 e. The molecule has 10 heteroatoms. The number of alkyl halides is 3. The summed E-state index contributed by atoms with van der Waals surface area (Å²) in [6, 6.07) is 6.24. The van der Waals surface area contributed by atoms with Crippen LogP contribution in [0.25, 0.3) is 11.3 Å². The molecule has 3 heterocycles. The third kappa shape index (κ3) is 4.86. The van der Waals surface area contributed by atoms with Crippen molar-refractivity contribution in [2.45, 2.75) is 39.2 Å². The third-order valence-electron chi connectivity index (χ3n) is 4.99. The lowest BCUT2D eigenvalue weighted by molar-refractivity contribution is -0.153. The first-order valence-corrected chi connectivity index (χ1v) is 9.71. The van der Waals surface area contributed by atoms with E-state index in [1.54, 1.807) is 12.1 Å². The van der Waals surface area contributed by atoms with Crippen LogP contribution in [-0.4, -0.2) is 42.9 Å². The molecule has 0 saturated carbocycles. The Labute approximate surface area is 183 Å². The van der Waals surface area contributed by atoms with Gasteiger partial charge in [0.05, 0.1) is 29.9 Å². The molecule has 0 aliphatic carbocycles. The molecule has 0 fully saturated rings. The third-order valence-corrected chi connectivity index (χ3v) is 4.99. The molecule has 0 aromatic carbocycles. The summed E-state index contributed by atoms with van der Waals surface area (Å²) >= 11 is 0. The van der Waals surface area contributed by atoms with E-state index in [0.29, 0.717) is 28.2 Å². The van der Waals surface area contributed by atoms with Gasteiger partial charge in [-0.15, -0.1) is 0 Å². The van der Waals surface area contributed by atoms with Crippen LogP contribution in [0.3, 0.4) is 0 Å². The Kier molecular flexibility index (Phi) is 6.47. The molecular weight excluding hydrogens is 425 g/mol. The zero-order valence-corrected chi connectivity index (χ0v) is 17.8. The highest BCUT2D eigenvalue weighted by molar-refractivity contribution is 5.58. The number of aliphatic hydroxyl groups is 2. The van der Waals surface area contributed by atoms with Crippen LogP contribution >= 0.6 is 0 Å². The molecule has 1 unspecified atom stereocenters. The van der Waals surface area contributed by atoms with Gasteiger partial charge in [-0.05, 0) is 24.3 Å². The van der Waals surface area contributed by atoms with Crippen molar-refractivity contribution in [2.75, 3.05) is 6.61 Å². The average molecular weight is 448 g/mol. The van der Waals surface area contributed by atoms with Gasteiger partial charge in [-0.2, -0.15) is 13.2 Å². The van der Waals surface area contributed by atoms with E-state index in [0.717, 1.165) is 0 Å². The lowest BCUT2D eigenvalue weighted by Gasteiger charge is -2.40. The topological polar surface area (TPSA) is 101 Å². The molecule has 3 aromatic heterocycles. The number of aromatic nitrogens is 4. The Morgan fingerprint density at radius 1 is 0.938 bits per heavy atom. The normalized spacial score (nSPS) is 14.1. The second kappa shape index (κ2) is 8.79. The summed E-state index contributed by atoms with van der Waals surface area (Å²) in [7, 11) is 0. The van der Waals surface area contributed by atoms with Crippen molar-refractivity contribution in [3.63, 3.8) is 0 Å². The predicted molar refractivity (Wildman–Crippen MR) is 109 cm³/mol. The van der Waals surface area contributed by atoms with Crippen molar-refractivity contribution in [1.82, 2.24) is 19.9 Å². The molecular formula is C22H23F3N4O3. The molecule has 170 valence electrons. The van der Waals surface area contributed by atoms with Crippen LogP contribution in [0, 0.1) is 5.41 Å². The van der Waals surface area contributed by atoms with Gasteiger partial charge < -0.3 is 14.9 Å². The largest absolute Gasteiger partial charge is 0.483 e. The van der Waals surface area contributed by atoms with E-state index in [9.17, 15) is 23.4 Å². The first-order valence-electron chi connectivity index (χ1n) is 9.71. The van der Waals surface area contributed by atoms with E-state index in [-0.39, 0.29) is 12.4 Å². The molecule has 7 nitrogen and oxygen atoms in total. The van der Waals surface area contributed by atoms with Crippen LogP contribution in [0.5, 0.6) is 5.75 Å². The van der Waals surface area contributed by atoms with E-state index >= 15 is 0 Å². The fraction of sp³-hybridized carbons (Fsp3) is 0.364. The Hall–Kier alpha value is -3.11. The fourth-order valence-corrected chi connectivity index (χ4v) is 3.27. The summed E-state index contributed by atoms with van der Waals surface area (Å²) in [6.45, 7) is 3.73. The molecule has 0 aliphatic heterocycles. The number of ether oxygens (including phenoxy) is 1. The van der Waals surface area contributed by atoms with E-state index in [1.807, 2.05) is 20.8 Å². The van der Waals surface area contributed by atoms with Gasteiger partial charge in [0, 0.05) is 28.9 Å². The number of halogens is 3. The van der Waals surface area contributed by atoms with E-state index in [2.05, 4.69) is 24.7 Å². The molecule has 3 rings (SSSR count). The van der Waals surface area contributed by atoms with E-state index in [1.165, 1.54) is 37.1 Å². The molecule has 0 aliphatic rings. The van der Waals surface area contributed by atoms with Gasteiger partial charge in [0.25, 0.3) is 0 Å². The highest BCUT2D eigenvalue weighted by Gasteiger charge is 2.46. The summed E-state index contributed by atoms with van der Waals surface area (Å²) in [4.78, 5) is 16.6. The monoisotopic (exact) mass is 448 g/mol. The number of rotatable bonds is 6. The van der Waals surface area contributed by atoms with Crippen LogP contribution in [0.4, 0.5) is 13.2 Å². The van der Waals surface area contributed by atoms with Crippen LogP contribution in [0.15, 0.2) is 49.2 Å². The molecule has 0 bridgehead atoms. The maximum atomic E-state index is 12.3. The van der Waals surface area contributed by atoms with Crippen LogP contribution in [-0.2, 0) is 12.2 Å². The fourth-order valence-electron chi connectivity index (χ4n) is 3.27. The van der Waals surface area contributed by atoms with Gasteiger partial charge in [0.15, 0.2) is 6.61 Å². The van der Waals surface area contributed by atoms with Gasteiger partial charge in [-0.1, -0.05) is 20.8 Å². The van der Waals surface area contributed by atoms with Crippen molar-refractivity contribution >= 4 is 0 Å². The first-order chi connectivity index (χ1) is 15.0. The smallest absolute Gasteiger partial charge is 0.422 e. The van der Waals surface area contributed by atoms with Crippen LogP contribution in [0.1, 0.15) is 37.7 Å². The Morgan fingerprint density at radius 2 is 1.69 bits per heavy atom. The van der Waals surface area contributed by atoms with Gasteiger partial charge in [-0.25, -0.2) is 9.97 Å². The maximum Gasteiger partial charge on any atom is 0.422 e. The summed E-state index contributed by atoms with van der Waals surface area (Å²) in [5.41, 5.74) is -0.303. The van der Waals surface area contributed by atoms with Gasteiger partial charge in [-0.3, -0.25) is 9.97 Å². The number of nitrogens with zero attached hydrogens (tertiary/aromatic N) is 4. The number of aliphatic hydroxyl groups excluding tert-OH is 1. The Morgan fingerprint density at radius 3 is 2.22 bits per heavy atom. The maximum absolute atomic E-state index is 12.3. The number of pyridine rings is 2. The Bertz CT molecular complexity index is 1050. The van der Waals surface area contributed by atoms with Crippen molar-refractivity contribution in [2.24, 2.45) is 5.41 Å². The highest BCUT2D eigenvalue weighted by atomic mass is 19.4. The Balaban J connectivity index is 1.92. The van der Waals surface area contributed by atoms with Gasteiger partial charge in [0.2, 0.25) is 0 Å². The highest BCUT2D eigenvalue weighted by Crippen LogP contribution is 2.44. The van der Waals surface area contributed by atoms with Crippen molar-refractivity contribution in [3.05, 3.63) is 66.1 Å². The molecule has 1 atom stereocenters. The zero-order valence-electron chi connectivity index (χ0n) is 17.8. The van der Waals surface area contributed by atoms with Gasteiger partial charge >= 0.3 is 6.18 Å². The van der Waals surface area contributed by atoms with E-state index in [4.69, 9.17) is 0 Å². The second-order valence-corrected chi connectivity index (χ2v) is 8.22. The summed E-state index contributed by atoms with van der Waals surface area (Å²) in [5.74, 6) is -0.00151. The standard InChI is InChI=1S/C22H23F3N4O3/c1-20(2,3)22(31,16-10-26-13-29-18(16)11-30)19-7-4-14(8-28-19)17-6-5-15(9-27-17)32-12-21(23,24)25/h4-10,13,30-31H,11-12H2,1-3H3. The molecule has 0 radical (unpaired) electrons. The SMILES string of the molecule is CC(C)(C)C(O)(c1ccc(-c2ccc(OCC(F)(F)F)cn2)cn1)c1cncnc1CO. The predicted octanol–water partition coefficient (Wildman–Crippen LogP) is 3.65. The number of hydrogen-bond donors (Lipinski definition) is 2. The summed E-state index contributed by atoms with van der Waals surface area (Å²) in [6.07, 6.45) is 1.04. The molecule has 3 aromatic rings. The van der Waals surface area contributed by atoms with Crippen LogP contribution in [0.2, 0.25) is 0 Å². The minimum atomic E-state index is -4.43. The first kappa shape index (κ1) is 23.6. The van der Waals surface area contributed by atoms with E-state index < -0.39 is 23.8 Å². The second-order valence-electron chi connectivity index (χ2n) is 8.22. The van der Waals surface area contributed by atoms with Crippen molar-refractivity contribution < 1.29 is 28.1 Å². The molecule has 0 saturated heterocycles.